The summed E-state index contributed by atoms with van der Waals surface area (Å²) in [6.45, 7) is 0. The highest BCUT2D eigenvalue weighted by atomic mass is 16.5. The summed E-state index contributed by atoms with van der Waals surface area (Å²) in [5, 5.41) is 0. The molecule has 0 spiro atoms. The molecule has 1 aliphatic rings. The molecule has 1 aliphatic carbocycles. The number of aryl methyl sites for hydroxylation is 1. The number of hydrogen-bond acceptors (Lipinski definition) is 3. The number of hydrogen-bond donors (Lipinski definition) is 0. The molecule has 0 radical (unpaired) electrons. The zero-order valence-corrected chi connectivity index (χ0v) is 13.2. The fraction of sp³-hybridized carbons (Fsp3) is 0.263. The lowest BCUT2D eigenvalue weighted by Gasteiger charge is -2.13. The first-order valence-corrected chi connectivity index (χ1v) is 7.35. The summed E-state index contributed by atoms with van der Waals surface area (Å²) >= 11 is 0. The lowest BCUT2D eigenvalue weighted by molar-refractivity contribution is 0.324. The van der Waals surface area contributed by atoms with Crippen molar-refractivity contribution >= 4 is 11.6 Å². The molecule has 114 valence electrons. The van der Waals surface area contributed by atoms with Crippen LogP contribution in [0.2, 0.25) is 0 Å². The highest BCUT2D eigenvalue weighted by Crippen LogP contribution is 2.40. The van der Waals surface area contributed by atoms with Crippen LogP contribution >= 0.6 is 0 Å². The van der Waals surface area contributed by atoms with Gasteiger partial charge in [0.1, 0.15) is 0 Å². The van der Waals surface area contributed by atoms with E-state index in [-0.39, 0.29) is 0 Å². The molecule has 2 aromatic rings. The number of rotatable bonds is 4. The van der Waals surface area contributed by atoms with Gasteiger partial charge < -0.3 is 14.2 Å². The molecular weight excluding hydrogens is 276 g/mol. The molecule has 0 unspecified atom stereocenters. The minimum absolute atomic E-state index is 0.624. The Morgan fingerprint density at radius 2 is 1.55 bits per heavy atom. The zero-order chi connectivity index (χ0) is 15.5. The van der Waals surface area contributed by atoms with Crippen molar-refractivity contribution in [1.29, 1.82) is 0 Å². The van der Waals surface area contributed by atoms with Gasteiger partial charge in [-0.25, -0.2) is 0 Å². The maximum Gasteiger partial charge on any atom is 0.203 e. The van der Waals surface area contributed by atoms with E-state index < -0.39 is 0 Å². The highest BCUT2D eigenvalue weighted by Gasteiger charge is 2.17. The SMILES string of the molecule is COc1cc(C=C2CCc3ccccc32)cc(OC)c1OC. The van der Waals surface area contributed by atoms with Crippen LogP contribution in [-0.4, -0.2) is 21.3 Å². The minimum Gasteiger partial charge on any atom is -0.493 e. The van der Waals surface area contributed by atoms with Gasteiger partial charge in [0.2, 0.25) is 5.75 Å². The Morgan fingerprint density at radius 3 is 2.18 bits per heavy atom. The van der Waals surface area contributed by atoms with Gasteiger partial charge in [0.05, 0.1) is 21.3 Å². The fourth-order valence-corrected chi connectivity index (χ4v) is 2.99. The second-order valence-corrected chi connectivity index (χ2v) is 5.29. The van der Waals surface area contributed by atoms with Gasteiger partial charge in [0.25, 0.3) is 0 Å². The molecule has 0 saturated carbocycles. The zero-order valence-electron chi connectivity index (χ0n) is 13.2. The Kier molecular flexibility index (Phi) is 4.05. The van der Waals surface area contributed by atoms with Gasteiger partial charge in [-0.05, 0) is 47.2 Å². The van der Waals surface area contributed by atoms with Crippen molar-refractivity contribution < 1.29 is 14.2 Å². The van der Waals surface area contributed by atoms with E-state index in [2.05, 4.69) is 30.3 Å². The maximum absolute atomic E-state index is 5.42. The van der Waals surface area contributed by atoms with Crippen molar-refractivity contribution in [3.05, 3.63) is 53.1 Å². The van der Waals surface area contributed by atoms with E-state index in [9.17, 15) is 0 Å². The van der Waals surface area contributed by atoms with Gasteiger partial charge in [-0.15, -0.1) is 0 Å². The predicted molar refractivity (Wildman–Crippen MR) is 88.7 cm³/mol. The Balaban J connectivity index is 2.05. The summed E-state index contributed by atoms with van der Waals surface area (Å²) in [5.74, 6) is 1.99. The van der Waals surface area contributed by atoms with Crippen molar-refractivity contribution in [2.75, 3.05) is 21.3 Å². The number of allylic oxidation sites excluding steroid dienone is 1. The van der Waals surface area contributed by atoms with Crippen LogP contribution in [0, 0.1) is 0 Å². The van der Waals surface area contributed by atoms with Crippen LogP contribution in [0.1, 0.15) is 23.1 Å². The third-order valence-electron chi connectivity index (χ3n) is 4.05. The Labute approximate surface area is 131 Å². The van der Waals surface area contributed by atoms with Crippen molar-refractivity contribution in [2.24, 2.45) is 0 Å². The van der Waals surface area contributed by atoms with Gasteiger partial charge in [0, 0.05) is 0 Å². The smallest absolute Gasteiger partial charge is 0.203 e. The second kappa shape index (κ2) is 6.14. The molecule has 0 fully saturated rings. The van der Waals surface area contributed by atoms with Crippen LogP contribution < -0.4 is 14.2 Å². The molecule has 2 aromatic carbocycles. The van der Waals surface area contributed by atoms with E-state index in [0.29, 0.717) is 17.2 Å². The Hall–Kier alpha value is -2.42. The van der Waals surface area contributed by atoms with Crippen molar-refractivity contribution in [2.45, 2.75) is 12.8 Å². The van der Waals surface area contributed by atoms with Crippen molar-refractivity contribution in [3.63, 3.8) is 0 Å². The standard InChI is InChI=1S/C19H20O3/c1-20-17-11-13(12-18(21-2)19(17)22-3)10-15-9-8-14-6-4-5-7-16(14)15/h4-7,10-12H,8-9H2,1-3H3. The molecule has 3 rings (SSSR count). The molecule has 22 heavy (non-hydrogen) atoms. The summed E-state index contributed by atoms with van der Waals surface area (Å²) in [5.41, 5.74) is 5.17. The van der Waals surface area contributed by atoms with Crippen LogP contribution in [0.3, 0.4) is 0 Å². The molecule has 0 bridgehead atoms. The molecule has 3 nitrogen and oxygen atoms in total. The average Bonchev–Trinajstić information content (AvgIpc) is 2.97. The molecule has 0 saturated heterocycles. The largest absolute Gasteiger partial charge is 0.493 e. The lowest BCUT2D eigenvalue weighted by atomic mass is 10.0. The molecule has 3 heteroatoms. The lowest BCUT2D eigenvalue weighted by Crippen LogP contribution is -1.95. The van der Waals surface area contributed by atoms with E-state index in [1.165, 1.54) is 16.7 Å². The van der Waals surface area contributed by atoms with Gasteiger partial charge in [0.15, 0.2) is 11.5 Å². The minimum atomic E-state index is 0.624. The first-order chi connectivity index (χ1) is 10.8. The van der Waals surface area contributed by atoms with Gasteiger partial charge in [-0.3, -0.25) is 0 Å². The quantitative estimate of drug-likeness (QED) is 0.846. The number of ether oxygens (including phenoxy) is 3. The average molecular weight is 296 g/mol. The van der Waals surface area contributed by atoms with E-state index in [4.69, 9.17) is 14.2 Å². The molecular formula is C19H20O3. The number of fused-ring (bicyclic) bond motifs is 1. The third kappa shape index (κ3) is 2.54. The van der Waals surface area contributed by atoms with E-state index in [1.54, 1.807) is 21.3 Å². The fourth-order valence-electron chi connectivity index (χ4n) is 2.99. The topological polar surface area (TPSA) is 27.7 Å². The van der Waals surface area contributed by atoms with E-state index in [1.807, 2.05) is 12.1 Å². The summed E-state index contributed by atoms with van der Waals surface area (Å²) in [6, 6.07) is 12.5. The molecule has 0 amide bonds. The molecule has 0 N–H and O–H groups in total. The van der Waals surface area contributed by atoms with Gasteiger partial charge in [-0.1, -0.05) is 30.3 Å². The maximum atomic E-state index is 5.42. The van der Waals surface area contributed by atoms with E-state index in [0.717, 1.165) is 18.4 Å². The van der Waals surface area contributed by atoms with Crippen molar-refractivity contribution in [3.8, 4) is 17.2 Å². The Bertz CT molecular complexity index is 691. The third-order valence-corrected chi connectivity index (χ3v) is 4.05. The predicted octanol–water partition coefficient (Wildman–Crippen LogP) is 4.20. The second-order valence-electron chi connectivity index (χ2n) is 5.29. The number of methoxy groups -OCH3 is 3. The normalized spacial score (nSPS) is 14.8. The van der Waals surface area contributed by atoms with Crippen molar-refractivity contribution in [1.82, 2.24) is 0 Å². The number of benzene rings is 2. The molecule has 0 aromatic heterocycles. The van der Waals surface area contributed by atoms with Crippen LogP contribution in [0.4, 0.5) is 0 Å². The van der Waals surface area contributed by atoms with Gasteiger partial charge >= 0.3 is 0 Å². The van der Waals surface area contributed by atoms with Crippen LogP contribution in [0.5, 0.6) is 17.2 Å². The molecule has 0 atom stereocenters. The Morgan fingerprint density at radius 1 is 0.864 bits per heavy atom. The summed E-state index contributed by atoms with van der Waals surface area (Å²) in [6.07, 6.45) is 4.37. The molecule has 0 heterocycles. The summed E-state index contributed by atoms with van der Waals surface area (Å²) in [4.78, 5) is 0. The van der Waals surface area contributed by atoms with Crippen LogP contribution in [0.25, 0.3) is 11.6 Å². The molecule has 0 aliphatic heterocycles. The highest BCUT2D eigenvalue weighted by molar-refractivity contribution is 5.86. The van der Waals surface area contributed by atoms with E-state index >= 15 is 0 Å². The van der Waals surface area contributed by atoms with Crippen LogP contribution in [0.15, 0.2) is 36.4 Å². The van der Waals surface area contributed by atoms with Crippen LogP contribution in [-0.2, 0) is 6.42 Å². The summed E-state index contributed by atoms with van der Waals surface area (Å²) in [7, 11) is 4.89. The first-order valence-electron chi connectivity index (χ1n) is 7.35. The van der Waals surface area contributed by atoms with Gasteiger partial charge in [-0.2, -0.15) is 0 Å². The monoisotopic (exact) mass is 296 g/mol. The first kappa shape index (κ1) is 14.5. The summed E-state index contributed by atoms with van der Waals surface area (Å²) < 4.78 is 16.2.